The number of benzene rings is 1. The van der Waals surface area contributed by atoms with Gasteiger partial charge in [0.2, 0.25) is 0 Å². The maximum atomic E-state index is 5.39. The van der Waals surface area contributed by atoms with Crippen LogP contribution < -0.4 is 10.1 Å². The van der Waals surface area contributed by atoms with E-state index in [0.29, 0.717) is 0 Å². The Hall–Kier alpha value is -1.06. The number of hydrogen-bond donors (Lipinski definition) is 1. The van der Waals surface area contributed by atoms with Crippen molar-refractivity contribution in [3.05, 3.63) is 29.8 Å². The van der Waals surface area contributed by atoms with Crippen molar-refractivity contribution >= 4 is 0 Å². The first-order chi connectivity index (χ1) is 7.26. The van der Waals surface area contributed by atoms with Crippen molar-refractivity contribution in [2.75, 3.05) is 27.4 Å². The molecule has 0 aliphatic rings. The van der Waals surface area contributed by atoms with Gasteiger partial charge in [-0.25, -0.2) is 0 Å². The monoisotopic (exact) mass is 208 g/mol. The Labute approximate surface area is 92.0 Å². The molecule has 1 N–H and O–H groups in total. The fourth-order valence-electron chi connectivity index (χ4n) is 1.50. The number of nitrogens with one attached hydrogen (secondary N) is 1. The highest BCUT2D eigenvalue weighted by Crippen LogP contribution is 2.12. The van der Waals surface area contributed by atoms with Crippen LogP contribution in [0, 0.1) is 0 Å². The molecule has 1 aromatic rings. The van der Waals surface area contributed by atoms with Gasteiger partial charge in [0.05, 0.1) is 6.61 Å². The van der Waals surface area contributed by atoms with Gasteiger partial charge in [-0.1, -0.05) is 12.1 Å². The highest BCUT2D eigenvalue weighted by Gasteiger charge is 1.99. The molecule has 3 nitrogen and oxygen atoms in total. The normalized spacial score (nSPS) is 10.7. The molecule has 0 bridgehead atoms. The molecule has 0 saturated heterocycles. The van der Waals surface area contributed by atoms with Crippen LogP contribution in [-0.4, -0.2) is 32.3 Å². The SMILES string of the molecule is CCOc1ccc(CN(C)CNC)cc1. The number of nitrogens with zero attached hydrogens (tertiary/aromatic N) is 1. The Bertz CT molecular complexity index is 271. The standard InChI is InChI=1S/C12H20N2O/c1-4-15-12-7-5-11(6-8-12)9-14(3)10-13-2/h5-8,13H,4,9-10H2,1-3H3. The summed E-state index contributed by atoms with van der Waals surface area (Å²) in [7, 11) is 4.04. The molecule has 0 radical (unpaired) electrons. The summed E-state index contributed by atoms with van der Waals surface area (Å²) in [5, 5.41) is 3.12. The Balaban J connectivity index is 2.48. The van der Waals surface area contributed by atoms with E-state index < -0.39 is 0 Å². The Morgan fingerprint density at radius 1 is 1.27 bits per heavy atom. The van der Waals surface area contributed by atoms with Crippen LogP contribution in [0.4, 0.5) is 0 Å². The van der Waals surface area contributed by atoms with Crippen molar-refractivity contribution < 1.29 is 4.74 Å². The van der Waals surface area contributed by atoms with Gasteiger partial charge in [-0.05, 0) is 38.7 Å². The smallest absolute Gasteiger partial charge is 0.119 e. The number of ether oxygens (including phenoxy) is 1. The topological polar surface area (TPSA) is 24.5 Å². The van der Waals surface area contributed by atoms with Crippen LogP contribution >= 0.6 is 0 Å². The van der Waals surface area contributed by atoms with Gasteiger partial charge >= 0.3 is 0 Å². The molecule has 0 fully saturated rings. The number of rotatable bonds is 6. The van der Waals surface area contributed by atoms with Crippen molar-refractivity contribution in [1.29, 1.82) is 0 Å². The fourth-order valence-corrected chi connectivity index (χ4v) is 1.50. The van der Waals surface area contributed by atoms with Gasteiger partial charge in [0, 0.05) is 13.2 Å². The molecule has 15 heavy (non-hydrogen) atoms. The maximum Gasteiger partial charge on any atom is 0.119 e. The summed E-state index contributed by atoms with van der Waals surface area (Å²) in [6, 6.07) is 8.26. The summed E-state index contributed by atoms with van der Waals surface area (Å²) in [5.74, 6) is 0.942. The average molecular weight is 208 g/mol. The number of hydrogen-bond acceptors (Lipinski definition) is 3. The maximum absolute atomic E-state index is 5.39. The van der Waals surface area contributed by atoms with Crippen LogP contribution in [0.5, 0.6) is 5.75 Å². The predicted molar refractivity (Wildman–Crippen MR) is 63.0 cm³/mol. The Morgan fingerprint density at radius 3 is 2.47 bits per heavy atom. The van der Waals surface area contributed by atoms with Crippen molar-refractivity contribution in [2.45, 2.75) is 13.5 Å². The van der Waals surface area contributed by atoms with E-state index >= 15 is 0 Å². The summed E-state index contributed by atoms with van der Waals surface area (Å²) >= 11 is 0. The van der Waals surface area contributed by atoms with Crippen LogP contribution in [0.1, 0.15) is 12.5 Å². The lowest BCUT2D eigenvalue weighted by molar-refractivity contribution is 0.309. The second kappa shape index (κ2) is 6.43. The first-order valence-corrected chi connectivity index (χ1v) is 5.31. The van der Waals surface area contributed by atoms with Crippen molar-refractivity contribution in [2.24, 2.45) is 0 Å². The van der Waals surface area contributed by atoms with E-state index in [1.54, 1.807) is 0 Å². The summed E-state index contributed by atoms with van der Waals surface area (Å²) < 4.78 is 5.39. The molecule has 0 amide bonds. The van der Waals surface area contributed by atoms with E-state index in [-0.39, 0.29) is 0 Å². The molecule has 84 valence electrons. The van der Waals surface area contributed by atoms with Crippen LogP contribution in [0.3, 0.4) is 0 Å². The highest BCUT2D eigenvalue weighted by atomic mass is 16.5. The molecule has 3 heteroatoms. The van der Waals surface area contributed by atoms with Crippen molar-refractivity contribution in [3.8, 4) is 5.75 Å². The summed E-state index contributed by atoms with van der Waals surface area (Å²) in [5.41, 5.74) is 1.30. The largest absolute Gasteiger partial charge is 0.494 e. The Morgan fingerprint density at radius 2 is 1.93 bits per heavy atom. The highest BCUT2D eigenvalue weighted by molar-refractivity contribution is 5.27. The minimum absolute atomic E-state index is 0.721. The van der Waals surface area contributed by atoms with Crippen molar-refractivity contribution in [3.63, 3.8) is 0 Å². The van der Waals surface area contributed by atoms with Crippen LogP contribution in [-0.2, 0) is 6.54 Å². The molecule has 0 aliphatic heterocycles. The Kier molecular flexibility index (Phi) is 5.15. The third-order valence-corrected chi connectivity index (χ3v) is 2.11. The molecule has 0 spiro atoms. The molecule has 0 heterocycles. The van der Waals surface area contributed by atoms with Gasteiger partial charge in [0.1, 0.15) is 5.75 Å². The van der Waals surface area contributed by atoms with Gasteiger partial charge < -0.3 is 10.1 Å². The van der Waals surface area contributed by atoms with Crippen LogP contribution in [0.2, 0.25) is 0 Å². The minimum Gasteiger partial charge on any atom is -0.494 e. The molecular weight excluding hydrogens is 188 g/mol. The lowest BCUT2D eigenvalue weighted by Crippen LogP contribution is -2.27. The zero-order valence-corrected chi connectivity index (χ0v) is 9.79. The van der Waals surface area contributed by atoms with E-state index in [4.69, 9.17) is 4.74 Å². The second-order valence-corrected chi connectivity index (χ2v) is 3.60. The van der Waals surface area contributed by atoms with E-state index in [1.807, 2.05) is 26.1 Å². The van der Waals surface area contributed by atoms with Gasteiger partial charge in [0.15, 0.2) is 0 Å². The molecule has 1 aromatic carbocycles. The van der Waals surface area contributed by atoms with Gasteiger partial charge in [0.25, 0.3) is 0 Å². The zero-order chi connectivity index (χ0) is 11.1. The molecule has 0 saturated carbocycles. The first kappa shape index (κ1) is 12.0. The lowest BCUT2D eigenvalue weighted by Gasteiger charge is -2.15. The fraction of sp³-hybridized carbons (Fsp3) is 0.500. The van der Waals surface area contributed by atoms with Gasteiger partial charge in [-0.3, -0.25) is 4.90 Å². The summed E-state index contributed by atoms with van der Waals surface area (Å²) in [6.45, 7) is 4.56. The second-order valence-electron chi connectivity index (χ2n) is 3.60. The molecule has 0 aliphatic carbocycles. The van der Waals surface area contributed by atoms with E-state index in [0.717, 1.165) is 25.6 Å². The molecule has 0 unspecified atom stereocenters. The first-order valence-electron chi connectivity index (χ1n) is 5.31. The van der Waals surface area contributed by atoms with E-state index in [9.17, 15) is 0 Å². The summed E-state index contributed by atoms with van der Waals surface area (Å²) in [6.07, 6.45) is 0. The third kappa shape index (κ3) is 4.32. The van der Waals surface area contributed by atoms with E-state index in [2.05, 4.69) is 29.4 Å². The van der Waals surface area contributed by atoms with Crippen molar-refractivity contribution in [1.82, 2.24) is 10.2 Å². The average Bonchev–Trinajstić information content (AvgIpc) is 2.22. The quantitative estimate of drug-likeness (QED) is 0.720. The summed E-state index contributed by atoms with van der Waals surface area (Å²) in [4.78, 5) is 2.22. The molecule has 1 rings (SSSR count). The molecule has 0 aromatic heterocycles. The van der Waals surface area contributed by atoms with Gasteiger partial charge in [-0.15, -0.1) is 0 Å². The molecular formula is C12H20N2O. The third-order valence-electron chi connectivity index (χ3n) is 2.11. The predicted octanol–water partition coefficient (Wildman–Crippen LogP) is 1.69. The van der Waals surface area contributed by atoms with Gasteiger partial charge in [-0.2, -0.15) is 0 Å². The van der Waals surface area contributed by atoms with Crippen LogP contribution in [0.15, 0.2) is 24.3 Å². The molecule has 0 atom stereocenters. The lowest BCUT2D eigenvalue weighted by atomic mass is 10.2. The minimum atomic E-state index is 0.721. The zero-order valence-electron chi connectivity index (χ0n) is 9.79. The van der Waals surface area contributed by atoms with Crippen LogP contribution in [0.25, 0.3) is 0 Å². The van der Waals surface area contributed by atoms with E-state index in [1.165, 1.54) is 5.56 Å².